The third-order valence-corrected chi connectivity index (χ3v) is 5.61. The number of hydrogen-bond donors (Lipinski definition) is 2. The molecule has 1 aromatic rings. The highest BCUT2D eigenvalue weighted by atomic mass is 127. The van der Waals surface area contributed by atoms with E-state index < -0.39 is 0 Å². The standard InChI is InChI=1S/C21H33N5O.HI/c1-17-13-19(16-26(17)15-18-9-5-3-6-10-18)24-21(22-2)23-14-20(27)25-11-7-4-8-12-25;/h3,5-6,9-10,17,19H,4,7-8,11-16H2,1-2H3,(H2,22,23,24);1H. The van der Waals surface area contributed by atoms with Gasteiger partial charge in [-0.05, 0) is 38.2 Å². The van der Waals surface area contributed by atoms with E-state index in [0.29, 0.717) is 18.6 Å². The molecule has 2 saturated heterocycles. The maximum absolute atomic E-state index is 12.3. The Labute approximate surface area is 186 Å². The van der Waals surface area contributed by atoms with Crippen molar-refractivity contribution in [2.75, 3.05) is 33.2 Å². The van der Waals surface area contributed by atoms with Crippen LogP contribution < -0.4 is 10.6 Å². The summed E-state index contributed by atoms with van der Waals surface area (Å²) in [5, 5.41) is 6.70. The SMILES string of the molecule is CN=C(NCC(=O)N1CCCCC1)NC1CC(C)N(Cc2ccccc2)C1.I. The molecule has 0 saturated carbocycles. The summed E-state index contributed by atoms with van der Waals surface area (Å²) in [4.78, 5) is 21.1. The molecule has 2 atom stereocenters. The Hall–Kier alpha value is -1.35. The Balaban J connectivity index is 0.00000280. The molecule has 3 rings (SSSR count). The maximum Gasteiger partial charge on any atom is 0.241 e. The first-order valence-corrected chi connectivity index (χ1v) is 10.2. The topological polar surface area (TPSA) is 60.0 Å². The van der Waals surface area contributed by atoms with Crippen LogP contribution >= 0.6 is 24.0 Å². The third-order valence-electron chi connectivity index (χ3n) is 5.61. The van der Waals surface area contributed by atoms with Crippen LogP contribution in [0.25, 0.3) is 0 Å². The summed E-state index contributed by atoms with van der Waals surface area (Å²) in [5.41, 5.74) is 1.35. The summed E-state index contributed by atoms with van der Waals surface area (Å²) in [7, 11) is 1.76. The molecule has 0 radical (unpaired) electrons. The Morgan fingerprint density at radius 1 is 1.18 bits per heavy atom. The number of likely N-dealkylation sites (tertiary alicyclic amines) is 2. The zero-order valence-corrected chi connectivity index (χ0v) is 19.4. The van der Waals surface area contributed by atoms with Gasteiger partial charge in [0.25, 0.3) is 0 Å². The van der Waals surface area contributed by atoms with Gasteiger partial charge in [-0.3, -0.25) is 14.7 Å². The lowest BCUT2D eigenvalue weighted by Crippen LogP contribution is -2.48. The number of nitrogens with one attached hydrogen (secondary N) is 2. The molecule has 1 amide bonds. The predicted molar refractivity (Wildman–Crippen MR) is 125 cm³/mol. The normalized spacial score (nSPS) is 23.2. The van der Waals surface area contributed by atoms with E-state index in [9.17, 15) is 4.79 Å². The first-order chi connectivity index (χ1) is 13.2. The molecular formula is C21H34IN5O. The number of hydrogen-bond acceptors (Lipinski definition) is 3. The molecule has 0 aliphatic carbocycles. The van der Waals surface area contributed by atoms with Gasteiger partial charge in [-0.25, -0.2) is 0 Å². The Morgan fingerprint density at radius 2 is 1.89 bits per heavy atom. The number of amides is 1. The van der Waals surface area contributed by atoms with E-state index >= 15 is 0 Å². The van der Waals surface area contributed by atoms with Gasteiger partial charge in [0, 0.05) is 45.3 Å². The van der Waals surface area contributed by atoms with Gasteiger partial charge in [0.1, 0.15) is 0 Å². The summed E-state index contributed by atoms with van der Waals surface area (Å²) < 4.78 is 0. The minimum absolute atomic E-state index is 0. The van der Waals surface area contributed by atoms with Gasteiger partial charge in [0.15, 0.2) is 5.96 Å². The number of guanidine groups is 1. The molecule has 2 heterocycles. The molecule has 2 aliphatic rings. The highest BCUT2D eigenvalue weighted by molar-refractivity contribution is 14.0. The van der Waals surface area contributed by atoms with Crippen molar-refractivity contribution in [2.45, 2.75) is 51.2 Å². The number of aliphatic imine (C=N–C) groups is 1. The van der Waals surface area contributed by atoms with Gasteiger partial charge < -0.3 is 15.5 Å². The average Bonchev–Trinajstić information content (AvgIpc) is 3.05. The first-order valence-electron chi connectivity index (χ1n) is 10.2. The van der Waals surface area contributed by atoms with E-state index in [1.165, 1.54) is 12.0 Å². The fraction of sp³-hybridized carbons (Fsp3) is 0.619. The summed E-state index contributed by atoms with van der Waals surface area (Å²) in [6.45, 7) is 6.33. The first kappa shape index (κ1) is 22.9. The number of piperidine rings is 1. The van der Waals surface area contributed by atoms with Crippen LogP contribution in [0, 0.1) is 0 Å². The van der Waals surface area contributed by atoms with Gasteiger partial charge in [-0.15, -0.1) is 24.0 Å². The summed E-state index contributed by atoms with van der Waals surface area (Å²) in [5.74, 6) is 0.891. The lowest BCUT2D eigenvalue weighted by Gasteiger charge is -2.27. The van der Waals surface area contributed by atoms with Crippen LogP contribution in [0.15, 0.2) is 35.3 Å². The maximum atomic E-state index is 12.3. The van der Waals surface area contributed by atoms with E-state index in [0.717, 1.165) is 51.4 Å². The van der Waals surface area contributed by atoms with Crippen molar-refractivity contribution in [1.82, 2.24) is 20.4 Å². The fourth-order valence-electron chi connectivity index (χ4n) is 4.04. The lowest BCUT2D eigenvalue weighted by molar-refractivity contribution is -0.130. The number of carbonyl (C=O) groups is 1. The van der Waals surface area contributed by atoms with Crippen molar-refractivity contribution in [2.24, 2.45) is 4.99 Å². The molecule has 0 bridgehead atoms. The van der Waals surface area contributed by atoms with Crippen LogP contribution in [0.2, 0.25) is 0 Å². The molecule has 28 heavy (non-hydrogen) atoms. The Bertz CT molecular complexity index is 633. The van der Waals surface area contributed by atoms with E-state index in [-0.39, 0.29) is 29.9 Å². The van der Waals surface area contributed by atoms with Crippen LogP contribution in [0.1, 0.15) is 38.2 Å². The van der Waals surface area contributed by atoms with Crippen molar-refractivity contribution < 1.29 is 4.79 Å². The van der Waals surface area contributed by atoms with Crippen LogP contribution in [0.5, 0.6) is 0 Å². The number of rotatable bonds is 5. The zero-order chi connectivity index (χ0) is 19.1. The monoisotopic (exact) mass is 499 g/mol. The summed E-state index contributed by atoms with van der Waals surface area (Å²) in [6.07, 6.45) is 4.55. The van der Waals surface area contributed by atoms with E-state index in [4.69, 9.17) is 0 Å². The van der Waals surface area contributed by atoms with E-state index in [1.807, 2.05) is 4.90 Å². The Kier molecular flexibility index (Phi) is 9.50. The lowest BCUT2D eigenvalue weighted by atomic mass is 10.1. The van der Waals surface area contributed by atoms with Gasteiger partial charge in [0.2, 0.25) is 5.91 Å². The number of carbonyl (C=O) groups excluding carboxylic acids is 1. The Morgan fingerprint density at radius 3 is 2.57 bits per heavy atom. The zero-order valence-electron chi connectivity index (χ0n) is 17.1. The third kappa shape index (κ3) is 6.62. The molecule has 2 aliphatic heterocycles. The molecule has 2 unspecified atom stereocenters. The quantitative estimate of drug-likeness (QED) is 0.371. The number of halogens is 1. The highest BCUT2D eigenvalue weighted by Crippen LogP contribution is 2.20. The average molecular weight is 499 g/mol. The molecular weight excluding hydrogens is 465 g/mol. The molecule has 6 nitrogen and oxygen atoms in total. The summed E-state index contributed by atoms with van der Waals surface area (Å²) >= 11 is 0. The van der Waals surface area contributed by atoms with Crippen molar-refractivity contribution in [1.29, 1.82) is 0 Å². The van der Waals surface area contributed by atoms with Crippen molar-refractivity contribution in [3.63, 3.8) is 0 Å². The minimum atomic E-state index is 0. The second-order valence-corrected chi connectivity index (χ2v) is 7.71. The molecule has 0 aromatic heterocycles. The van der Waals surface area contributed by atoms with E-state index in [2.05, 4.69) is 57.8 Å². The highest BCUT2D eigenvalue weighted by Gasteiger charge is 2.29. The number of nitrogens with zero attached hydrogens (tertiary/aromatic N) is 3. The smallest absolute Gasteiger partial charge is 0.241 e. The molecule has 7 heteroatoms. The van der Waals surface area contributed by atoms with Gasteiger partial charge in [-0.1, -0.05) is 30.3 Å². The van der Waals surface area contributed by atoms with Gasteiger partial charge in [-0.2, -0.15) is 0 Å². The van der Waals surface area contributed by atoms with Crippen LogP contribution in [-0.2, 0) is 11.3 Å². The molecule has 2 fully saturated rings. The second-order valence-electron chi connectivity index (χ2n) is 7.71. The van der Waals surface area contributed by atoms with Crippen molar-refractivity contribution in [3.8, 4) is 0 Å². The predicted octanol–water partition coefficient (Wildman–Crippen LogP) is 2.44. The molecule has 0 spiro atoms. The number of benzene rings is 1. The molecule has 1 aromatic carbocycles. The minimum Gasteiger partial charge on any atom is -0.352 e. The second kappa shape index (κ2) is 11.6. The fourth-order valence-corrected chi connectivity index (χ4v) is 4.04. The van der Waals surface area contributed by atoms with Crippen molar-refractivity contribution >= 4 is 35.8 Å². The van der Waals surface area contributed by atoms with Gasteiger partial charge in [0.05, 0.1) is 6.54 Å². The van der Waals surface area contributed by atoms with Crippen molar-refractivity contribution in [3.05, 3.63) is 35.9 Å². The van der Waals surface area contributed by atoms with Crippen LogP contribution in [0.4, 0.5) is 0 Å². The van der Waals surface area contributed by atoms with Crippen LogP contribution in [0.3, 0.4) is 0 Å². The molecule has 2 N–H and O–H groups in total. The van der Waals surface area contributed by atoms with Gasteiger partial charge >= 0.3 is 0 Å². The van der Waals surface area contributed by atoms with E-state index in [1.54, 1.807) is 7.05 Å². The molecule has 156 valence electrons. The largest absolute Gasteiger partial charge is 0.352 e. The van der Waals surface area contributed by atoms with Crippen LogP contribution in [-0.4, -0.2) is 67.0 Å². The summed E-state index contributed by atoms with van der Waals surface area (Å²) in [6, 6.07) is 11.5.